The third-order valence-corrected chi connectivity index (χ3v) is 4.50. The van der Waals surface area contributed by atoms with E-state index >= 15 is 0 Å². The summed E-state index contributed by atoms with van der Waals surface area (Å²) in [5, 5.41) is 0. The molecule has 0 spiro atoms. The number of carbonyl (C=O) groups excluding carboxylic acids is 1. The number of anilines is 1. The van der Waals surface area contributed by atoms with Crippen LogP contribution in [0.3, 0.4) is 0 Å². The van der Waals surface area contributed by atoms with Gasteiger partial charge in [0.2, 0.25) is 0 Å². The molecule has 1 saturated heterocycles. The molecule has 0 aromatic heterocycles. The highest BCUT2D eigenvalue weighted by Gasteiger charge is 2.24. The number of para-hydroxylation sites is 2. The molecule has 4 nitrogen and oxygen atoms in total. The van der Waals surface area contributed by atoms with Gasteiger partial charge in [-0.3, -0.25) is 4.79 Å². The van der Waals surface area contributed by atoms with Crippen LogP contribution in [0.25, 0.3) is 0 Å². The van der Waals surface area contributed by atoms with Gasteiger partial charge in [-0.05, 0) is 43.5 Å². The predicted molar refractivity (Wildman–Crippen MR) is 95.4 cm³/mol. The first-order chi connectivity index (χ1) is 11.7. The lowest BCUT2D eigenvalue weighted by Gasteiger charge is -2.35. The molecule has 1 fully saturated rings. The van der Waals surface area contributed by atoms with Crippen molar-refractivity contribution in [1.29, 1.82) is 0 Å². The minimum Gasteiger partial charge on any atom is -0.495 e. The van der Waals surface area contributed by atoms with Crippen LogP contribution in [0, 0.1) is 6.92 Å². The molecule has 0 radical (unpaired) electrons. The van der Waals surface area contributed by atoms with Crippen LogP contribution in [0.2, 0.25) is 0 Å². The van der Waals surface area contributed by atoms with Crippen molar-refractivity contribution in [3.05, 3.63) is 53.6 Å². The molecule has 1 aliphatic rings. The number of hydrogen-bond acceptors (Lipinski definition) is 4. The highest BCUT2D eigenvalue weighted by atomic mass is 16.5. The number of aryl methyl sites for hydroxylation is 1. The molecule has 0 amide bonds. The molecule has 24 heavy (non-hydrogen) atoms. The van der Waals surface area contributed by atoms with Gasteiger partial charge in [-0.1, -0.05) is 24.3 Å². The molecule has 1 heterocycles. The molecule has 0 aliphatic carbocycles. The van der Waals surface area contributed by atoms with Crippen molar-refractivity contribution in [1.82, 2.24) is 0 Å². The minimum absolute atomic E-state index is 0.0594. The molecular weight excluding hydrogens is 302 g/mol. The van der Waals surface area contributed by atoms with Gasteiger partial charge in [0.15, 0.2) is 6.29 Å². The van der Waals surface area contributed by atoms with Crippen molar-refractivity contribution in [3.63, 3.8) is 0 Å². The molecular formula is C20H23NO3. The van der Waals surface area contributed by atoms with Gasteiger partial charge in [0.25, 0.3) is 0 Å². The summed E-state index contributed by atoms with van der Waals surface area (Å²) in [6, 6.07) is 13.8. The standard InChI is InChI=1S/C20H23NO3/c1-15-7-5-11-19(17(15)14-22)24-16-8-6-12-21(13-16)18-9-3-4-10-20(18)23-2/h3-5,7,9-11,14,16H,6,8,12-13H2,1-2H3. The minimum atomic E-state index is 0.0594. The second-order valence-electron chi connectivity index (χ2n) is 6.10. The Morgan fingerprint density at radius 3 is 2.71 bits per heavy atom. The van der Waals surface area contributed by atoms with E-state index in [-0.39, 0.29) is 6.10 Å². The smallest absolute Gasteiger partial charge is 0.154 e. The fourth-order valence-corrected chi connectivity index (χ4v) is 3.23. The number of ether oxygens (including phenoxy) is 2. The van der Waals surface area contributed by atoms with Crippen molar-refractivity contribution in [2.45, 2.75) is 25.9 Å². The molecule has 1 unspecified atom stereocenters. The summed E-state index contributed by atoms with van der Waals surface area (Å²) in [7, 11) is 1.69. The largest absolute Gasteiger partial charge is 0.495 e. The second kappa shape index (κ2) is 7.39. The summed E-state index contributed by atoms with van der Waals surface area (Å²) in [6.07, 6.45) is 2.97. The van der Waals surface area contributed by atoms with E-state index in [1.165, 1.54) is 0 Å². The maximum atomic E-state index is 11.4. The zero-order valence-electron chi connectivity index (χ0n) is 14.2. The number of methoxy groups -OCH3 is 1. The number of rotatable bonds is 5. The van der Waals surface area contributed by atoms with Gasteiger partial charge in [0, 0.05) is 6.54 Å². The molecule has 126 valence electrons. The lowest BCUT2D eigenvalue weighted by molar-refractivity contribution is 0.111. The summed E-state index contributed by atoms with van der Waals surface area (Å²) >= 11 is 0. The van der Waals surface area contributed by atoms with E-state index in [0.717, 1.165) is 49.2 Å². The Bertz CT molecular complexity index is 714. The topological polar surface area (TPSA) is 38.8 Å². The zero-order chi connectivity index (χ0) is 16.9. The first-order valence-corrected chi connectivity index (χ1v) is 8.32. The predicted octanol–water partition coefficient (Wildman–Crippen LogP) is 3.86. The van der Waals surface area contributed by atoms with Crippen molar-refractivity contribution >= 4 is 12.0 Å². The van der Waals surface area contributed by atoms with Crippen LogP contribution in [-0.2, 0) is 0 Å². The van der Waals surface area contributed by atoms with Gasteiger partial charge < -0.3 is 14.4 Å². The maximum absolute atomic E-state index is 11.4. The number of nitrogens with zero attached hydrogens (tertiary/aromatic N) is 1. The van der Waals surface area contributed by atoms with Gasteiger partial charge >= 0.3 is 0 Å². The number of aldehydes is 1. The first kappa shape index (κ1) is 16.4. The normalized spacial score (nSPS) is 17.4. The van der Waals surface area contributed by atoms with Crippen molar-refractivity contribution < 1.29 is 14.3 Å². The lowest BCUT2D eigenvalue weighted by atomic mass is 10.1. The van der Waals surface area contributed by atoms with Gasteiger partial charge in [-0.25, -0.2) is 0 Å². The summed E-state index contributed by atoms with van der Waals surface area (Å²) in [5.74, 6) is 1.55. The summed E-state index contributed by atoms with van der Waals surface area (Å²) < 4.78 is 11.6. The number of benzene rings is 2. The quantitative estimate of drug-likeness (QED) is 0.783. The number of hydrogen-bond donors (Lipinski definition) is 0. The van der Waals surface area contributed by atoms with Crippen LogP contribution in [0.15, 0.2) is 42.5 Å². The number of piperidine rings is 1. The lowest BCUT2D eigenvalue weighted by Crippen LogP contribution is -2.41. The van der Waals surface area contributed by atoms with Crippen LogP contribution in [-0.4, -0.2) is 32.6 Å². The van der Waals surface area contributed by atoms with Crippen LogP contribution in [0.5, 0.6) is 11.5 Å². The van der Waals surface area contributed by atoms with Crippen LogP contribution in [0.1, 0.15) is 28.8 Å². The molecule has 0 saturated carbocycles. The molecule has 4 heteroatoms. The third kappa shape index (κ3) is 3.37. The summed E-state index contributed by atoms with van der Waals surface area (Å²) in [5.41, 5.74) is 2.68. The maximum Gasteiger partial charge on any atom is 0.154 e. The zero-order valence-corrected chi connectivity index (χ0v) is 14.2. The number of carbonyl (C=O) groups is 1. The summed E-state index contributed by atoms with van der Waals surface area (Å²) in [6.45, 7) is 3.69. The average Bonchev–Trinajstić information content (AvgIpc) is 2.62. The fourth-order valence-electron chi connectivity index (χ4n) is 3.23. The van der Waals surface area contributed by atoms with E-state index in [0.29, 0.717) is 11.3 Å². The Labute approximate surface area is 143 Å². The molecule has 2 aromatic rings. The highest BCUT2D eigenvalue weighted by molar-refractivity contribution is 5.81. The SMILES string of the molecule is COc1ccccc1N1CCCC(Oc2cccc(C)c2C=O)C1. The Morgan fingerprint density at radius 1 is 1.12 bits per heavy atom. The molecule has 0 N–H and O–H groups in total. The molecule has 0 bridgehead atoms. The van der Waals surface area contributed by atoms with E-state index in [2.05, 4.69) is 11.0 Å². The second-order valence-corrected chi connectivity index (χ2v) is 6.10. The van der Waals surface area contributed by atoms with Crippen LogP contribution in [0.4, 0.5) is 5.69 Å². The van der Waals surface area contributed by atoms with E-state index in [1.807, 2.05) is 43.3 Å². The van der Waals surface area contributed by atoms with Crippen molar-refractivity contribution in [3.8, 4) is 11.5 Å². The monoisotopic (exact) mass is 325 g/mol. The summed E-state index contributed by atoms with van der Waals surface area (Å²) in [4.78, 5) is 13.6. The van der Waals surface area contributed by atoms with Gasteiger partial charge in [0.1, 0.15) is 17.6 Å². The third-order valence-electron chi connectivity index (χ3n) is 4.50. The van der Waals surface area contributed by atoms with Gasteiger partial charge in [0.05, 0.1) is 24.9 Å². The van der Waals surface area contributed by atoms with Crippen molar-refractivity contribution in [2.75, 3.05) is 25.1 Å². The molecule has 1 atom stereocenters. The Balaban J connectivity index is 1.77. The highest BCUT2D eigenvalue weighted by Crippen LogP contribution is 2.31. The van der Waals surface area contributed by atoms with Gasteiger partial charge in [-0.2, -0.15) is 0 Å². The van der Waals surface area contributed by atoms with E-state index in [1.54, 1.807) is 7.11 Å². The average molecular weight is 325 g/mol. The first-order valence-electron chi connectivity index (χ1n) is 8.32. The van der Waals surface area contributed by atoms with Crippen LogP contribution >= 0.6 is 0 Å². The Hall–Kier alpha value is -2.49. The van der Waals surface area contributed by atoms with E-state index in [4.69, 9.17) is 9.47 Å². The Morgan fingerprint density at radius 2 is 1.92 bits per heavy atom. The van der Waals surface area contributed by atoms with Gasteiger partial charge in [-0.15, -0.1) is 0 Å². The fraction of sp³-hybridized carbons (Fsp3) is 0.350. The Kier molecular flexibility index (Phi) is 5.04. The molecule has 1 aliphatic heterocycles. The van der Waals surface area contributed by atoms with E-state index < -0.39 is 0 Å². The molecule has 2 aromatic carbocycles. The molecule has 3 rings (SSSR count). The van der Waals surface area contributed by atoms with Crippen molar-refractivity contribution in [2.24, 2.45) is 0 Å². The van der Waals surface area contributed by atoms with E-state index in [9.17, 15) is 4.79 Å². The van der Waals surface area contributed by atoms with Crippen LogP contribution < -0.4 is 14.4 Å².